The van der Waals surface area contributed by atoms with Gasteiger partial charge in [0.15, 0.2) is 0 Å². The monoisotopic (exact) mass is 358 g/mol. The van der Waals surface area contributed by atoms with Gasteiger partial charge in [-0.05, 0) is 6.07 Å². The van der Waals surface area contributed by atoms with Crippen LogP contribution in [0.2, 0.25) is 0 Å². The smallest absolute Gasteiger partial charge is 0.145 e. The maximum Gasteiger partial charge on any atom is 0.145 e. The molecule has 0 unspecified atom stereocenters. The summed E-state index contributed by atoms with van der Waals surface area (Å²) in [4.78, 5) is 19.4. The van der Waals surface area contributed by atoms with Crippen molar-refractivity contribution in [1.29, 1.82) is 0 Å². The van der Waals surface area contributed by atoms with Gasteiger partial charge >= 0.3 is 0 Å². The van der Waals surface area contributed by atoms with Crippen molar-refractivity contribution in [2.24, 2.45) is 0 Å². The van der Waals surface area contributed by atoms with Crippen LogP contribution in [0.1, 0.15) is 5.56 Å². The highest BCUT2D eigenvalue weighted by Gasteiger charge is 2.20. The van der Waals surface area contributed by atoms with Crippen LogP contribution in [-0.2, 0) is 11.3 Å². The molecule has 4 rings (SSSR count). The van der Waals surface area contributed by atoms with Gasteiger partial charge in [0.2, 0.25) is 0 Å². The van der Waals surface area contributed by atoms with E-state index in [1.807, 2.05) is 0 Å². The Morgan fingerprint density at radius 1 is 0.962 bits per heavy atom. The van der Waals surface area contributed by atoms with Crippen molar-refractivity contribution in [2.75, 3.05) is 62.3 Å². The van der Waals surface area contributed by atoms with Crippen molar-refractivity contribution in [3.05, 3.63) is 42.2 Å². The molecule has 138 valence electrons. The maximum atomic E-state index is 13.8. The van der Waals surface area contributed by atoms with Gasteiger partial charge in [-0.2, -0.15) is 0 Å². The van der Waals surface area contributed by atoms with Gasteiger partial charge in [0.25, 0.3) is 0 Å². The van der Waals surface area contributed by atoms with Crippen molar-refractivity contribution in [3.63, 3.8) is 0 Å². The second kappa shape index (κ2) is 7.92. The molecule has 0 aromatic carbocycles. The molecule has 0 amide bonds. The first kappa shape index (κ1) is 17.1. The first-order chi connectivity index (χ1) is 12.8. The molecule has 0 saturated carbocycles. The third-order valence-electron chi connectivity index (χ3n) is 4.92. The standard InChI is InChI=1S/C18H23FN6O/c19-16-12-20-2-1-15(16)13-23-3-5-24(6-4-23)17-11-18(22-14-21-17)25-7-9-26-10-8-25/h1-2,11-12,14H,3-10,13H2. The first-order valence-electron chi connectivity index (χ1n) is 9.00. The molecule has 0 atom stereocenters. The van der Waals surface area contributed by atoms with E-state index in [-0.39, 0.29) is 5.82 Å². The normalized spacial score (nSPS) is 19.0. The van der Waals surface area contributed by atoms with Crippen molar-refractivity contribution in [3.8, 4) is 0 Å². The summed E-state index contributed by atoms with van der Waals surface area (Å²) in [6.45, 7) is 7.30. The van der Waals surface area contributed by atoms with E-state index in [1.54, 1.807) is 18.6 Å². The average molecular weight is 358 g/mol. The molecule has 0 aliphatic carbocycles. The minimum Gasteiger partial charge on any atom is -0.378 e. The summed E-state index contributed by atoms with van der Waals surface area (Å²) >= 11 is 0. The summed E-state index contributed by atoms with van der Waals surface area (Å²) in [6, 6.07) is 3.81. The molecule has 0 radical (unpaired) electrons. The molecule has 0 N–H and O–H groups in total. The lowest BCUT2D eigenvalue weighted by atomic mass is 10.2. The van der Waals surface area contributed by atoms with Crippen molar-refractivity contribution < 1.29 is 9.13 Å². The fraction of sp³-hybridized carbons (Fsp3) is 0.500. The Morgan fingerprint density at radius 3 is 2.35 bits per heavy atom. The molecule has 8 heteroatoms. The molecule has 2 fully saturated rings. The summed E-state index contributed by atoms with van der Waals surface area (Å²) in [5, 5.41) is 0. The van der Waals surface area contributed by atoms with E-state index < -0.39 is 0 Å². The van der Waals surface area contributed by atoms with Gasteiger partial charge in [-0.1, -0.05) is 0 Å². The van der Waals surface area contributed by atoms with E-state index in [2.05, 4.69) is 35.7 Å². The molecule has 2 saturated heterocycles. The van der Waals surface area contributed by atoms with Crippen molar-refractivity contribution in [1.82, 2.24) is 19.9 Å². The number of hydrogen-bond donors (Lipinski definition) is 0. The Balaban J connectivity index is 1.36. The van der Waals surface area contributed by atoms with E-state index in [0.717, 1.165) is 64.1 Å². The third kappa shape index (κ3) is 3.91. The molecule has 0 bridgehead atoms. The summed E-state index contributed by atoms with van der Waals surface area (Å²) in [7, 11) is 0. The lowest BCUT2D eigenvalue weighted by Crippen LogP contribution is -2.46. The zero-order chi connectivity index (χ0) is 17.8. The van der Waals surface area contributed by atoms with Crippen LogP contribution < -0.4 is 9.80 Å². The van der Waals surface area contributed by atoms with Crippen LogP contribution in [0.5, 0.6) is 0 Å². The van der Waals surface area contributed by atoms with Crippen LogP contribution in [0.15, 0.2) is 30.9 Å². The van der Waals surface area contributed by atoms with Crippen LogP contribution in [0, 0.1) is 5.82 Å². The van der Waals surface area contributed by atoms with Gasteiger partial charge in [-0.25, -0.2) is 14.4 Å². The molecule has 2 aromatic heterocycles. The number of halogens is 1. The zero-order valence-electron chi connectivity index (χ0n) is 14.7. The second-order valence-electron chi connectivity index (χ2n) is 6.56. The van der Waals surface area contributed by atoms with Crippen LogP contribution in [-0.4, -0.2) is 72.3 Å². The van der Waals surface area contributed by atoms with Gasteiger partial charge in [0.1, 0.15) is 23.8 Å². The van der Waals surface area contributed by atoms with E-state index in [4.69, 9.17) is 4.74 Å². The SMILES string of the molecule is Fc1cnccc1CN1CCN(c2cc(N3CCOCC3)ncn2)CC1. The third-order valence-corrected chi connectivity index (χ3v) is 4.92. The lowest BCUT2D eigenvalue weighted by Gasteiger charge is -2.36. The molecule has 26 heavy (non-hydrogen) atoms. The fourth-order valence-corrected chi connectivity index (χ4v) is 3.38. The molecule has 4 heterocycles. The van der Waals surface area contributed by atoms with Gasteiger partial charge in [0.05, 0.1) is 19.4 Å². The number of ether oxygens (including phenoxy) is 1. The number of piperazine rings is 1. The van der Waals surface area contributed by atoms with Gasteiger partial charge in [-0.15, -0.1) is 0 Å². The van der Waals surface area contributed by atoms with Crippen molar-refractivity contribution >= 4 is 11.6 Å². The quantitative estimate of drug-likeness (QED) is 0.813. The van der Waals surface area contributed by atoms with Crippen LogP contribution in [0.3, 0.4) is 0 Å². The maximum absolute atomic E-state index is 13.8. The number of morpholine rings is 1. The summed E-state index contributed by atoms with van der Waals surface area (Å²) < 4.78 is 19.2. The van der Waals surface area contributed by atoms with Gasteiger partial charge in [0, 0.05) is 63.6 Å². The first-order valence-corrected chi connectivity index (χ1v) is 9.00. The Morgan fingerprint density at radius 2 is 1.65 bits per heavy atom. The number of hydrogen-bond acceptors (Lipinski definition) is 7. The Kier molecular flexibility index (Phi) is 5.21. The number of pyridine rings is 1. The summed E-state index contributed by atoms with van der Waals surface area (Å²) in [6.07, 6.45) is 4.56. The highest BCUT2D eigenvalue weighted by Crippen LogP contribution is 2.20. The molecule has 2 aliphatic heterocycles. The Hall–Kier alpha value is -2.32. The minimum absolute atomic E-state index is 0.235. The second-order valence-corrected chi connectivity index (χ2v) is 6.56. The zero-order valence-corrected chi connectivity index (χ0v) is 14.7. The van der Waals surface area contributed by atoms with E-state index in [0.29, 0.717) is 12.1 Å². The number of nitrogens with zero attached hydrogens (tertiary/aromatic N) is 6. The highest BCUT2D eigenvalue weighted by atomic mass is 19.1. The predicted molar refractivity (Wildman–Crippen MR) is 96.7 cm³/mol. The number of aromatic nitrogens is 3. The Labute approximate surface area is 152 Å². The molecule has 7 nitrogen and oxygen atoms in total. The molecular formula is C18H23FN6O. The van der Waals surface area contributed by atoms with Crippen molar-refractivity contribution in [2.45, 2.75) is 6.54 Å². The fourth-order valence-electron chi connectivity index (χ4n) is 3.38. The predicted octanol–water partition coefficient (Wildman–Crippen LogP) is 1.17. The molecule has 0 spiro atoms. The topological polar surface area (TPSA) is 57.6 Å². The van der Waals surface area contributed by atoms with Gasteiger partial charge < -0.3 is 14.5 Å². The summed E-state index contributed by atoms with van der Waals surface area (Å²) in [5.74, 6) is 1.68. The average Bonchev–Trinajstić information content (AvgIpc) is 2.71. The number of rotatable bonds is 4. The van der Waals surface area contributed by atoms with Crippen LogP contribution in [0.4, 0.5) is 16.0 Å². The van der Waals surface area contributed by atoms with E-state index >= 15 is 0 Å². The van der Waals surface area contributed by atoms with Crippen LogP contribution >= 0.6 is 0 Å². The summed E-state index contributed by atoms with van der Waals surface area (Å²) in [5.41, 5.74) is 0.699. The molecule has 2 aromatic rings. The minimum atomic E-state index is -0.235. The highest BCUT2D eigenvalue weighted by molar-refractivity contribution is 5.50. The van der Waals surface area contributed by atoms with Gasteiger partial charge in [-0.3, -0.25) is 9.88 Å². The van der Waals surface area contributed by atoms with Crippen LogP contribution in [0.25, 0.3) is 0 Å². The molecule has 2 aliphatic rings. The Bertz CT molecular complexity index is 731. The van der Waals surface area contributed by atoms with E-state index in [1.165, 1.54) is 6.20 Å². The lowest BCUT2D eigenvalue weighted by molar-refractivity contribution is 0.122. The largest absolute Gasteiger partial charge is 0.378 e. The molecular weight excluding hydrogens is 335 g/mol. The van der Waals surface area contributed by atoms with E-state index in [9.17, 15) is 4.39 Å². The number of anilines is 2.